The first kappa shape index (κ1) is 12.4. The number of likely N-dealkylation sites (N-methyl/N-ethyl adjacent to an activating group) is 1. The highest BCUT2D eigenvalue weighted by Gasteiger charge is 2.10. The van der Waals surface area contributed by atoms with E-state index in [0.717, 1.165) is 0 Å². The zero-order chi connectivity index (χ0) is 13.1. The molecule has 1 aliphatic heterocycles. The Labute approximate surface area is 115 Å². The summed E-state index contributed by atoms with van der Waals surface area (Å²) in [6, 6.07) is 15.5. The van der Waals surface area contributed by atoms with Crippen LogP contribution < -0.4 is 4.90 Å². The maximum absolute atomic E-state index is 2.44. The SMILES string of the molecule is C[NH+]1CC=C(CCc2ccc3ccccc3c2)CC1. The Bertz CT molecular complexity index is 597. The van der Waals surface area contributed by atoms with Crippen LogP contribution in [0.4, 0.5) is 0 Å². The molecule has 0 saturated carbocycles. The number of aryl methyl sites for hydroxylation is 1. The van der Waals surface area contributed by atoms with Crippen molar-refractivity contribution in [2.45, 2.75) is 19.3 Å². The van der Waals surface area contributed by atoms with E-state index in [-0.39, 0.29) is 0 Å². The van der Waals surface area contributed by atoms with Crippen molar-refractivity contribution < 1.29 is 4.90 Å². The van der Waals surface area contributed by atoms with Gasteiger partial charge in [-0.05, 0) is 35.3 Å². The summed E-state index contributed by atoms with van der Waals surface area (Å²) in [7, 11) is 2.27. The Balaban J connectivity index is 1.68. The topological polar surface area (TPSA) is 4.44 Å². The standard InChI is InChI=1S/C18H21N/c1-19-12-10-15(11-13-19)6-7-16-8-9-17-4-2-3-5-18(17)14-16/h2-5,8-10,14H,6-7,11-13H2,1H3/p+1. The lowest BCUT2D eigenvalue weighted by Gasteiger charge is -2.19. The molecule has 0 amide bonds. The Hall–Kier alpha value is -1.60. The van der Waals surface area contributed by atoms with E-state index in [2.05, 4.69) is 55.6 Å². The number of hydrogen-bond acceptors (Lipinski definition) is 0. The number of benzene rings is 2. The fraction of sp³-hybridized carbons (Fsp3) is 0.333. The zero-order valence-corrected chi connectivity index (χ0v) is 11.7. The van der Waals surface area contributed by atoms with Crippen LogP contribution in [0.5, 0.6) is 0 Å². The minimum absolute atomic E-state index is 1.18. The zero-order valence-electron chi connectivity index (χ0n) is 11.7. The van der Waals surface area contributed by atoms with Gasteiger partial charge in [-0.1, -0.05) is 48.0 Å². The van der Waals surface area contributed by atoms with Gasteiger partial charge in [0.25, 0.3) is 0 Å². The normalized spacial score (nSPS) is 19.4. The van der Waals surface area contributed by atoms with Crippen molar-refractivity contribution in [1.29, 1.82) is 0 Å². The van der Waals surface area contributed by atoms with Gasteiger partial charge in [0.05, 0.1) is 20.1 Å². The van der Waals surface area contributed by atoms with E-state index < -0.39 is 0 Å². The number of hydrogen-bond donors (Lipinski definition) is 1. The van der Waals surface area contributed by atoms with Gasteiger partial charge < -0.3 is 4.90 Å². The second-order valence-corrected chi connectivity index (χ2v) is 5.71. The highest BCUT2D eigenvalue weighted by Crippen LogP contribution is 2.18. The average Bonchev–Trinajstić information content (AvgIpc) is 2.46. The van der Waals surface area contributed by atoms with E-state index in [1.54, 1.807) is 10.5 Å². The molecule has 19 heavy (non-hydrogen) atoms. The first-order valence-electron chi connectivity index (χ1n) is 7.28. The first-order chi connectivity index (χ1) is 9.31. The molecule has 98 valence electrons. The van der Waals surface area contributed by atoms with Crippen molar-refractivity contribution in [3.63, 3.8) is 0 Å². The highest BCUT2D eigenvalue weighted by atomic mass is 15.1. The average molecular weight is 252 g/mol. The highest BCUT2D eigenvalue weighted by molar-refractivity contribution is 5.82. The Morgan fingerprint density at radius 3 is 2.63 bits per heavy atom. The molecule has 1 unspecified atom stereocenters. The van der Waals surface area contributed by atoms with Gasteiger partial charge in [-0.2, -0.15) is 0 Å². The molecule has 0 aromatic heterocycles. The van der Waals surface area contributed by atoms with Gasteiger partial charge >= 0.3 is 0 Å². The van der Waals surface area contributed by atoms with Gasteiger partial charge in [0.1, 0.15) is 0 Å². The predicted molar refractivity (Wildman–Crippen MR) is 81.6 cm³/mol. The first-order valence-corrected chi connectivity index (χ1v) is 7.28. The van der Waals surface area contributed by atoms with Crippen molar-refractivity contribution in [1.82, 2.24) is 0 Å². The van der Waals surface area contributed by atoms with Crippen LogP contribution in [0.3, 0.4) is 0 Å². The molecular weight excluding hydrogens is 230 g/mol. The summed E-state index contributed by atoms with van der Waals surface area (Å²) >= 11 is 0. The van der Waals surface area contributed by atoms with Crippen molar-refractivity contribution in [3.05, 3.63) is 59.7 Å². The molecular formula is C18H22N+. The third kappa shape index (κ3) is 3.05. The molecule has 1 nitrogen and oxygen atoms in total. The Kier molecular flexibility index (Phi) is 3.65. The smallest absolute Gasteiger partial charge is 0.0958 e. The largest absolute Gasteiger partial charge is 0.334 e. The Morgan fingerprint density at radius 2 is 1.84 bits per heavy atom. The van der Waals surface area contributed by atoms with Crippen LogP contribution >= 0.6 is 0 Å². The molecule has 0 radical (unpaired) electrons. The van der Waals surface area contributed by atoms with Gasteiger partial charge in [-0.3, -0.25) is 0 Å². The van der Waals surface area contributed by atoms with E-state index in [0.29, 0.717) is 0 Å². The Morgan fingerprint density at radius 1 is 1.00 bits per heavy atom. The molecule has 2 aromatic rings. The predicted octanol–water partition coefficient (Wildman–Crippen LogP) is 2.62. The van der Waals surface area contributed by atoms with Crippen LogP contribution in [-0.2, 0) is 6.42 Å². The molecule has 1 heteroatoms. The summed E-state index contributed by atoms with van der Waals surface area (Å²) in [5.41, 5.74) is 3.12. The van der Waals surface area contributed by atoms with Crippen molar-refractivity contribution in [3.8, 4) is 0 Å². The lowest BCUT2D eigenvalue weighted by molar-refractivity contribution is -0.874. The summed E-state index contributed by atoms with van der Waals surface area (Å²) in [6.07, 6.45) is 6.13. The lowest BCUT2D eigenvalue weighted by atomic mass is 9.98. The molecule has 3 rings (SSSR count). The van der Waals surface area contributed by atoms with Crippen LogP contribution in [0.2, 0.25) is 0 Å². The monoisotopic (exact) mass is 252 g/mol. The van der Waals surface area contributed by atoms with Crippen molar-refractivity contribution in [2.75, 3.05) is 20.1 Å². The third-order valence-corrected chi connectivity index (χ3v) is 4.16. The second kappa shape index (κ2) is 5.58. The molecule has 1 aliphatic rings. The summed E-state index contributed by atoms with van der Waals surface area (Å²) in [6.45, 7) is 2.50. The number of rotatable bonds is 3. The lowest BCUT2D eigenvalue weighted by Crippen LogP contribution is -3.09. The molecule has 0 bridgehead atoms. The third-order valence-electron chi connectivity index (χ3n) is 4.16. The van der Waals surface area contributed by atoms with Crippen LogP contribution in [0.15, 0.2) is 54.1 Å². The van der Waals surface area contributed by atoms with E-state index in [1.807, 2.05) is 0 Å². The molecule has 0 aliphatic carbocycles. The van der Waals surface area contributed by atoms with Crippen molar-refractivity contribution >= 4 is 10.8 Å². The van der Waals surface area contributed by atoms with Gasteiger partial charge in [0, 0.05) is 6.42 Å². The van der Waals surface area contributed by atoms with Crippen LogP contribution in [0, 0.1) is 0 Å². The molecule has 1 atom stereocenters. The van der Waals surface area contributed by atoms with Crippen LogP contribution in [0.1, 0.15) is 18.4 Å². The van der Waals surface area contributed by atoms with E-state index in [4.69, 9.17) is 0 Å². The fourth-order valence-electron chi connectivity index (χ4n) is 2.82. The molecule has 2 aromatic carbocycles. The van der Waals surface area contributed by atoms with Crippen molar-refractivity contribution in [2.24, 2.45) is 0 Å². The maximum atomic E-state index is 2.44. The van der Waals surface area contributed by atoms with Gasteiger partial charge in [-0.25, -0.2) is 0 Å². The number of quaternary nitrogens is 1. The van der Waals surface area contributed by atoms with Crippen LogP contribution in [-0.4, -0.2) is 20.1 Å². The van der Waals surface area contributed by atoms with Gasteiger partial charge in [-0.15, -0.1) is 0 Å². The summed E-state index contributed by atoms with van der Waals surface area (Å²) in [4.78, 5) is 1.63. The van der Waals surface area contributed by atoms with E-state index in [9.17, 15) is 0 Å². The van der Waals surface area contributed by atoms with E-state index >= 15 is 0 Å². The molecule has 0 saturated heterocycles. The summed E-state index contributed by atoms with van der Waals surface area (Å²) in [5.74, 6) is 0. The van der Waals surface area contributed by atoms with Gasteiger partial charge in [0.2, 0.25) is 0 Å². The molecule has 1 heterocycles. The number of nitrogens with one attached hydrogen (secondary N) is 1. The molecule has 0 fully saturated rings. The van der Waals surface area contributed by atoms with Gasteiger partial charge in [0.15, 0.2) is 0 Å². The molecule has 1 N–H and O–H groups in total. The molecule has 0 spiro atoms. The minimum Gasteiger partial charge on any atom is -0.334 e. The second-order valence-electron chi connectivity index (χ2n) is 5.71. The van der Waals surface area contributed by atoms with E-state index in [1.165, 1.54) is 48.7 Å². The number of fused-ring (bicyclic) bond motifs is 1. The maximum Gasteiger partial charge on any atom is 0.0958 e. The summed E-state index contributed by atoms with van der Waals surface area (Å²) in [5, 5.41) is 2.70. The quantitative estimate of drug-likeness (QED) is 0.801. The van der Waals surface area contributed by atoms with Crippen LogP contribution in [0.25, 0.3) is 10.8 Å². The fourth-order valence-corrected chi connectivity index (χ4v) is 2.82. The minimum atomic E-state index is 1.18. The summed E-state index contributed by atoms with van der Waals surface area (Å²) < 4.78 is 0.